The molecule has 1 aromatic rings. The van der Waals surface area contributed by atoms with Crippen molar-refractivity contribution < 1.29 is 17.6 Å². The van der Waals surface area contributed by atoms with E-state index in [2.05, 4.69) is 4.90 Å². The molecule has 2 fully saturated rings. The van der Waals surface area contributed by atoms with Crippen LogP contribution in [0.2, 0.25) is 0 Å². The summed E-state index contributed by atoms with van der Waals surface area (Å²) in [4.78, 5) is 16.3. The number of nitrogens with zero attached hydrogens (tertiary/aromatic N) is 3. The first-order valence-electron chi connectivity index (χ1n) is 7.59. The first-order valence-corrected chi connectivity index (χ1v) is 9.44. The summed E-state index contributed by atoms with van der Waals surface area (Å²) in [6.45, 7) is 3.17. The highest BCUT2D eigenvalue weighted by atomic mass is 32.2. The molecule has 0 aliphatic carbocycles. The summed E-state index contributed by atoms with van der Waals surface area (Å²) in [6, 6.07) is 6.34. The van der Waals surface area contributed by atoms with Gasteiger partial charge in [-0.25, -0.2) is 17.1 Å². The number of halogens is 1. The lowest BCUT2D eigenvalue weighted by molar-refractivity contribution is -0.139. The molecule has 0 spiro atoms. The summed E-state index contributed by atoms with van der Waals surface area (Å²) in [7, 11) is -3.19. The zero-order chi connectivity index (χ0) is 16.6. The Bertz CT molecular complexity index is 678. The van der Waals surface area contributed by atoms with Crippen LogP contribution in [0.4, 0.5) is 10.1 Å². The minimum absolute atomic E-state index is 0.0312. The number of sulfonamides is 1. The Labute approximate surface area is 135 Å². The fourth-order valence-electron chi connectivity index (χ4n) is 2.96. The van der Waals surface area contributed by atoms with Crippen molar-refractivity contribution in [2.24, 2.45) is 5.92 Å². The number of anilines is 1. The van der Waals surface area contributed by atoms with Crippen LogP contribution in [0.25, 0.3) is 0 Å². The Hall–Kier alpha value is -1.67. The summed E-state index contributed by atoms with van der Waals surface area (Å²) >= 11 is 0. The number of hydrogen-bond acceptors (Lipinski definition) is 4. The van der Waals surface area contributed by atoms with E-state index in [1.807, 2.05) is 0 Å². The first kappa shape index (κ1) is 16.2. The van der Waals surface area contributed by atoms with E-state index < -0.39 is 10.0 Å². The highest BCUT2D eigenvalue weighted by Gasteiger charge is 2.40. The molecule has 2 aliphatic heterocycles. The molecule has 3 rings (SSSR count). The van der Waals surface area contributed by atoms with Crippen LogP contribution in [-0.4, -0.2) is 69.1 Å². The fourth-order valence-corrected chi connectivity index (χ4v) is 3.86. The van der Waals surface area contributed by atoms with Crippen LogP contribution < -0.4 is 4.90 Å². The molecule has 2 heterocycles. The zero-order valence-electron chi connectivity index (χ0n) is 13.0. The number of carbonyl (C=O) groups excluding carboxylic acids is 1. The molecule has 0 radical (unpaired) electrons. The number of amides is 1. The molecular formula is C15H20FN3O3S. The Morgan fingerprint density at radius 2 is 1.65 bits per heavy atom. The highest BCUT2D eigenvalue weighted by Crippen LogP contribution is 2.23. The molecule has 8 heteroatoms. The van der Waals surface area contributed by atoms with Crippen LogP contribution in [0.15, 0.2) is 24.3 Å². The molecule has 6 nitrogen and oxygen atoms in total. The molecule has 23 heavy (non-hydrogen) atoms. The number of piperazine rings is 1. The van der Waals surface area contributed by atoms with Gasteiger partial charge in [-0.15, -0.1) is 0 Å². The molecule has 1 aromatic carbocycles. The van der Waals surface area contributed by atoms with E-state index in [1.165, 1.54) is 16.4 Å². The Morgan fingerprint density at radius 3 is 2.17 bits per heavy atom. The van der Waals surface area contributed by atoms with Gasteiger partial charge in [-0.1, -0.05) is 0 Å². The molecule has 2 aliphatic rings. The Balaban J connectivity index is 1.51. The molecule has 0 bridgehead atoms. The third kappa shape index (κ3) is 3.48. The van der Waals surface area contributed by atoms with Crippen LogP contribution in [0.3, 0.4) is 0 Å². The van der Waals surface area contributed by atoms with Crippen molar-refractivity contribution in [3.05, 3.63) is 30.1 Å². The van der Waals surface area contributed by atoms with Gasteiger partial charge >= 0.3 is 0 Å². The van der Waals surface area contributed by atoms with Gasteiger partial charge in [-0.3, -0.25) is 4.79 Å². The van der Waals surface area contributed by atoms with Gasteiger partial charge in [0.25, 0.3) is 0 Å². The van der Waals surface area contributed by atoms with Crippen molar-refractivity contribution in [2.75, 3.05) is 50.4 Å². The maximum atomic E-state index is 13.0. The van der Waals surface area contributed by atoms with Gasteiger partial charge in [0.05, 0.1) is 12.2 Å². The second kappa shape index (κ2) is 6.09. The molecule has 0 atom stereocenters. The van der Waals surface area contributed by atoms with Crippen LogP contribution in [0, 0.1) is 11.7 Å². The Morgan fingerprint density at radius 1 is 1.09 bits per heavy atom. The Kier molecular flexibility index (Phi) is 4.29. The minimum Gasteiger partial charge on any atom is -0.368 e. The smallest absolute Gasteiger partial charge is 0.228 e. The quantitative estimate of drug-likeness (QED) is 0.797. The monoisotopic (exact) mass is 341 g/mol. The van der Waals surface area contributed by atoms with E-state index in [9.17, 15) is 17.6 Å². The number of hydrogen-bond donors (Lipinski definition) is 0. The lowest BCUT2D eigenvalue weighted by atomic mass is 10.0. The lowest BCUT2D eigenvalue weighted by Gasteiger charge is -2.42. The van der Waals surface area contributed by atoms with E-state index in [0.717, 1.165) is 11.9 Å². The second-order valence-electron chi connectivity index (χ2n) is 6.07. The van der Waals surface area contributed by atoms with Crippen molar-refractivity contribution >= 4 is 21.6 Å². The van der Waals surface area contributed by atoms with Crippen LogP contribution in [0.5, 0.6) is 0 Å². The number of benzene rings is 1. The zero-order valence-corrected chi connectivity index (χ0v) is 13.8. The van der Waals surface area contributed by atoms with E-state index in [0.29, 0.717) is 26.2 Å². The van der Waals surface area contributed by atoms with Gasteiger partial charge in [0, 0.05) is 45.0 Å². The lowest BCUT2D eigenvalue weighted by Crippen LogP contribution is -2.58. The normalized spacial score (nSPS) is 20.4. The minimum atomic E-state index is -3.19. The van der Waals surface area contributed by atoms with Gasteiger partial charge in [-0.05, 0) is 24.3 Å². The first-order chi connectivity index (χ1) is 10.8. The third-order valence-corrected chi connectivity index (χ3v) is 5.69. The predicted octanol–water partition coefficient (Wildman–Crippen LogP) is 0.366. The van der Waals surface area contributed by atoms with Gasteiger partial charge in [0.1, 0.15) is 5.82 Å². The average molecular weight is 341 g/mol. The topological polar surface area (TPSA) is 60.9 Å². The molecule has 0 saturated carbocycles. The third-order valence-electron chi connectivity index (χ3n) is 4.45. The van der Waals surface area contributed by atoms with Crippen LogP contribution in [0.1, 0.15) is 0 Å². The van der Waals surface area contributed by atoms with E-state index in [1.54, 1.807) is 17.0 Å². The largest absolute Gasteiger partial charge is 0.368 e. The van der Waals surface area contributed by atoms with Crippen LogP contribution in [-0.2, 0) is 14.8 Å². The summed E-state index contributed by atoms with van der Waals surface area (Å²) in [5, 5.41) is 0. The van der Waals surface area contributed by atoms with E-state index >= 15 is 0 Å². The maximum absolute atomic E-state index is 13.0. The highest BCUT2D eigenvalue weighted by molar-refractivity contribution is 7.88. The van der Waals surface area contributed by atoms with Gasteiger partial charge in [0.15, 0.2) is 0 Å². The SMILES string of the molecule is CS(=O)(=O)N1CC(C(=O)N2CCN(c3ccc(F)cc3)CC2)C1. The van der Waals surface area contributed by atoms with Crippen LogP contribution >= 0.6 is 0 Å². The molecule has 0 unspecified atom stereocenters. The molecular weight excluding hydrogens is 321 g/mol. The van der Waals surface area contributed by atoms with Crippen molar-refractivity contribution in [2.45, 2.75) is 0 Å². The average Bonchev–Trinajstić information content (AvgIpc) is 2.45. The van der Waals surface area contributed by atoms with Crippen molar-refractivity contribution in [1.29, 1.82) is 0 Å². The second-order valence-corrected chi connectivity index (χ2v) is 8.05. The van der Waals surface area contributed by atoms with Crippen molar-refractivity contribution in [1.82, 2.24) is 9.21 Å². The maximum Gasteiger partial charge on any atom is 0.228 e. The molecule has 1 amide bonds. The molecule has 2 saturated heterocycles. The molecule has 126 valence electrons. The number of carbonyl (C=O) groups is 1. The summed E-state index contributed by atoms with van der Waals surface area (Å²) < 4.78 is 37.0. The van der Waals surface area contributed by atoms with E-state index in [4.69, 9.17) is 0 Å². The van der Waals surface area contributed by atoms with E-state index in [-0.39, 0.29) is 30.7 Å². The van der Waals surface area contributed by atoms with Gasteiger partial charge in [-0.2, -0.15) is 0 Å². The fraction of sp³-hybridized carbons (Fsp3) is 0.533. The van der Waals surface area contributed by atoms with Gasteiger partial charge in [0.2, 0.25) is 15.9 Å². The van der Waals surface area contributed by atoms with Crippen molar-refractivity contribution in [3.63, 3.8) is 0 Å². The predicted molar refractivity (Wildman–Crippen MR) is 85.1 cm³/mol. The number of rotatable bonds is 3. The standard InChI is InChI=1S/C15H20FN3O3S/c1-23(21,22)19-10-12(11-19)15(20)18-8-6-17(7-9-18)14-4-2-13(16)3-5-14/h2-5,12H,6-11H2,1H3. The molecule has 0 aromatic heterocycles. The summed E-state index contributed by atoms with van der Waals surface area (Å²) in [6.07, 6.45) is 1.16. The van der Waals surface area contributed by atoms with Gasteiger partial charge < -0.3 is 9.80 Å². The molecule has 0 N–H and O–H groups in total. The summed E-state index contributed by atoms with van der Waals surface area (Å²) in [5.74, 6) is -0.450. The summed E-state index contributed by atoms with van der Waals surface area (Å²) in [5.41, 5.74) is 0.949. The van der Waals surface area contributed by atoms with Crippen molar-refractivity contribution in [3.8, 4) is 0 Å².